The number of halogens is 1. The molecule has 0 unspecified atom stereocenters. The fourth-order valence-corrected chi connectivity index (χ4v) is 2.24. The van der Waals surface area contributed by atoms with E-state index in [2.05, 4.69) is 27.6 Å². The first kappa shape index (κ1) is 10.6. The van der Waals surface area contributed by atoms with Crippen LogP contribution in [0.5, 0.6) is 0 Å². The minimum absolute atomic E-state index is 0.235. The van der Waals surface area contributed by atoms with Crippen LogP contribution in [0.4, 0.5) is 11.7 Å². The third-order valence-corrected chi connectivity index (χ3v) is 3.16. The normalized spacial score (nSPS) is 13.7. The Morgan fingerprint density at radius 3 is 2.94 bits per heavy atom. The summed E-state index contributed by atoms with van der Waals surface area (Å²) in [5.41, 5.74) is 3.84. The summed E-state index contributed by atoms with van der Waals surface area (Å²) in [7, 11) is 0. The largest absolute Gasteiger partial charge is 0.407 e. The molecule has 1 heterocycles. The first-order chi connectivity index (χ1) is 8.35. The Labute approximate surface area is 104 Å². The predicted octanol–water partition coefficient (Wildman–Crippen LogP) is 3.04. The number of hydrogen-bond donors (Lipinski definition) is 1. The predicted molar refractivity (Wildman–Crippen MR) is 65.6 cm³/mol. The molecule has 5 heteroatoms. The smallest absolute Gasteiger partial charge is 0.320 e. The fraction of sp³-hybridized carbons (Fsp3) is 0.333. The van der Waals surface area contributed by atoms with Crippen molar-refractivity contribution in [3.05, 3.63) is 35.2 Å². The van der Waals surface area contributed by atoms with Crippen LogP contribution in [0.3, 0.4) is 0 Å². The molecule has 1 aromatic carbocycles. The summed E-state index contributed by atoms with van der Waals surface area (Å²) >= 11 is 5.60. The molecule has 0 saturated heterocycles. The summed E-state index contributed by atoms with van der Waals surface area (Å²) in [5, 5.41) is 10.7. The van der Waals surface area contributed by atoms with E-state index < -0.39 is 0 Å². The topological polar surface area (TPSA) is 51.0 Å². The van der Waals surface area contributed by atoms with Crippen molar-refractivity contribution in [2.45, 2.75) is 25.1 Å². The number of nitrogens with one attached hydrogen (secondary N) is 1. The Kier molecular flexibility index (Phi) is 2.73. The van der Waals surface area contributed by atoms with Gasteiger partial charge in [-0.05, 0) is 42.5 Å². The Bertz CT molecular complexity index is 538. The number of aryl methyl sites for hydroxylation is 2. The van der Waals surface area contributed by atoms with E-state index in [0.29, 0.717) is 11.9 Å². The lowest BCUT2D eigenvalue weighted by Gasteiger charge is -2.04. The van der Waals surface area contributed by atoms with Crippen molar-refractivity contribution < 1.29 is 4.42 Å². The number of hydrogen-bond acceptors (Lipinski definition) is 4. The lowest BCUT2D eigenvalue weighted by Crippen LogP contribution is -1.92. The van der Waals surface area contributed by atoms with Gasteiger partial charge in [0.1, 0.15) is 5.88 Å². The van der Waals surface area contributed by atoms with E-state index in [1.165, 1.54) is 24.0 Å². The Hall–Kier alpha value is -1.55. The van der Waals surface area contributed by atoms with E-state index in [1.54, 1.807) is 0 Å². The summed E-state index contributed by atoms with van der Waals surface area (Å²) in [6, 6.07) is 6.73. The van der Waals surface area contributed by atoms with Crippen LogP contribution < -0.4 is 5.32 Å². The van der Waals surface area contributed by atoms with Gasteiger partial charge in [0, 0.05) is 5.69 Å². The van der Waals surface area contributed by atoms with E-state index in [0.717, 1.165) is 12.1 Å². The van der Waals surface area contributed by atoms with Crippen molar-refractivity contribution in [1.82, 2.24) is 10.2 Å². The molecule has 0 fully saturated rings. The average Bonchev–Trinajstić information content (AvgIpc) is 2.96. The Balaban J connectivity index is 1.80. The van der Waals surface area contributed by atoms with Gasteiger partial charge >= 0.3 is 6.01 Å². The zero-order chi connectivity index (χ0) is 11.7. The minimum Gasteiger partial charge on any atom is -0.407 e. The quantitative estimate of drug-likeness (QED) is 0.850. The van der Waals surface area contributed by atoms with Crippen molar-refractivity contribution in [1.29, 1.82) is 0 Å². The van der Waals surface area contributed by atoms with Crippen LogP contribution >= 0.6 is 11.6 Å². The van der Waals surface area contributed by atoms with E-state index in [9.17, 15) is 0 Å². The molecule has 1 aliphatic carbocycles. The average molecular weight is 250 g/mol. The molecule has 0 spiro atoms. The lowest BCUT2D eigenvalue weighted by atomic mass is 10.1. The molecule has 0 saturated carbocycles. The van der Waals surface area contributed by atoms with Gasteiger partial charge in [-0.15, -0.1) is 16.7 Å². The van der Waals surface area contributed by atoms with E-state index in [4.69, 9.17) is 16.0 Å². The second kappa shape index (κ2) is 4.37. The standard InChI is InChI=1S/C12H12ClN3O/c13-7-11-15-16-12(17-11)14-10-5-4-8-2-1-3-9(8)6-10/h4-6H,1-3,7H2,(H,14,16). The molecule has 0 amide bonds. The van der Waals surface area contributed by atoms with Gasteiger partial charge in [0.2, 0.25) is 5.89 Å². The van der Waals surface area contributed by atoms with E-state index in [-0.39, 0.29) is 5.88 Å². The minimum atomic E-state index is 0.235. The first-order valence-electron chi connectivity index (χ1n) is 5.62. The number of fused-ring (bicyclic) bond motifs is 1. The van der Waals surface area contributed by atoms with Gasteiger partial charge < -0.3 is 9.73 Å². The number of nitrogens with zero attached hydrogens (tertiary/aromatic N) is 2. The molecule has 0 radical (unpaired) electrons. The Morgan fingerprint density at radius 2 is 2.12 bits per heavy atom. The molecular formula is C12H12ClN3O. The third kappa shape index (κ3) is 2.13. The lowest BCUT2D eigenvalue weighted by molar-refractivity contribution is 0.530. The first-order valence-corrected chi connectivity index (χ1v) is 6.16. The van der Waals surface area contributed by atoms with Crippen LogP contribution in [-0.2, 0) is 18.7 Å². The molecule has 3 rings (SSSR count). The van der Waals surface area contributed by atoms with Gasteiger partial charge in [0.25, 0.3) is 0 Å². The number of anilines is 2. The third-order valence-electron chi connectivity index (χ3n) is 2.93. The van der Waals surface area contributed by atoms with Crippen molar-refractivity contribution in [3.8, 4) is 0 Å². The summed E-state index contributed by atoms with van der Waals surface area (Å²) in [6.07, 6.45) is 3.59. The highest BCUT2D eigenvalue weighted by Crippen LogP contribution is 2.26. The van der Waals surface area contributed by atoms with Gasteiger partial charge in [-0.2, -0.15) is 0 Å². The summed E-state index contributed by atoms with van der Waals surface area (Å²) in [5.74, 6) is 0.661. The number of rotatable bonds is 3. The van der Waals surface area contributed by atoms with Crippen LogP contribution in [-0.4, -0.2) is 10.2 Å². The second-order valence-corrected chi connectivity index (χ2v) is 4.36. The molecule has 1 N–H and O–H groups in total. The molecule has 17 heavy (non-hydrogen) atoms. The molecule has 1 aliphatic rings. The monoisotopic (exact) mass is 249 g/mol. The van der Waals surface area contributed by atoms with Crippen molar-refractivity contribution in [2.24, 2.45) is 0 Å². The molecule has 0 aliphatic heterocycles. The van der Waals surface area contributed by atoms with Crippen molar-refractivity contribution in [2.75, 3.05) is 5.32 Å². The van der Waals surface area contributed by atoms with Crippen molar-refractivity contribution >= 4 is 23.3 Å². The molecule has 0 atom stereocenters. The zero-order valence-electron chi connectivity index (χ0n) is 9.24. The summed E-state index contributed by atoms with van der Waals surface area (Å²) < 4.78 is 5.29. The van der Waals surface area contributed by atoms with Gasteiger partial charge in [-0.1, -0.05) is 11.2 Å². The van der Waals surface area contributed by atoms with Crippen molar-refractivity contribution in [3.63, 3.8) is 0 Å². The molecular weight excluding hydrogens is 238 g/mol. The molecule has 88 valence electrons. The van der Waals surface area contributed by atoms with Crippen LogP contribution in [0.1, 0.15) is 23.4 Å². The maximum Gasteiger partial charge on any atom is 0.320 e. The highest BCUT2D eigenvalue weighted by molar-refractivity contribution is 6.16. The van der Waals surface area contributed by atoms with Crippen LogP contribution in [0, 0.1) is 0 Å². The van der Waals surface area contributed by atoms with E-state index >= 15 is 0 Å². The number of aromatic nitrogens is 2. The number of benzene rings is 1. The van der Waals surface area contributed by atoms with Crippen LogP contribution in [0.2, 0.25) is 0 Å². The zero-order valence-corrected chi connectivity index (χ0v) is 10.00. The summed E-state index contributed by atoms with van der Waals surface area (Å²) in [4.78, 5) is 0. The van der Waals surface area contributed by atoms with Gasteiger partial charge in [-0.25, -0.2) is 0 Å². The van der Waals surface area contributed by atoms with E-state index in [1.807, 2.05) is 6.07 Å². The highest BCUT2D eigenvalue weighted by Gasteiger charge is 2.11. The molecule has 0 bridgehead atoms. The fourth-order valence-electron chi connectivity index (χ4n) is 2.13. The molecule has 2 aromatic rings. The summed E-state index contributed by atoms with van der Waals surface area (Å²) in [6.45, 7) is 0. The number of alkyl halides is 1. The maximum absolute atomic E-state index is 5.60. The van der Waals surface area contributed by atoms with Gasteiger partial charge in [0.05, 0.1) is 0 Å². The molecule has 4 nitrogen and oxygen atoms in total. The van der Waals surface area contributed by atoms with Crippen LogP contribution in [0.15, 0.2) is 22.6 Å². The van der Waals surface area contributed by atoms with Crippen LogP contribution in [0.25, 0.3) is 0 Å². The SMILES string of the molecule is ClCc1nnc(Nc2ccc3c(c2)CCC3)o1. The van der Waals surface area contributed by atoms with Gasteiger partial charge in [0.15, 0.2) is 0 Å². The highest BCUT2D eigenvalue weighted by atomic mass is 35.5. The van der Waals surface area contributed by atoms with Gasteiger partial charge in [-0.3, -0.25) is 0 Å². The Morgan fingerprint density at radius 1 is 1.24 bits per heavy atom. The maximum atomic E-state index is 5.60. The molecule has 1 aromatic heterocycles. The second-order valence-electron chi connectivity index (χ2n) is 4.10.